The van der Waals surface area contributed by atoms with Crippen LogP contribution in [0.25, 0.3) is 0 Å². The van der Waals surface area contributed by atoms with E-state index in [1.165, 1.54) is 6.07 Å². The molecule has 2 rings (SSSR count). The SMILES string of the molecule is OCc1ccc(Cc2ccc(O)o2)cc1. The number of aromatic hydroxyl groups is 1. The van der Waals surface area contributed by atoms with Crippen molar-refractivity contribution < 1.29 is 14.6 Å². The quantitative estimate of drug-likeness (QED) is 0.804. The van der Waals surface area contributed by atoms with Crippen LogP contribution >= 0.6 is 0 Å². The van der Waals surface area contributed by atoms with Crippen molar-refractivity contribution in [2.75, 3.05) is 0 Å². The molecule has 0 saturated carbocycles. The minimum absolute atomic E-state index is 0.0574. The molecular weight excluding hydrogens is 192 g/mol. The van der Waals surface area contributed by atoms with E-state index in [0.717, 1.165) is 16.9 Å². The summed E-state index contributed by atoms with van der Waals surface area (Å²) >= 11 is 0. The number of benzene rings is 1. The van der Waals surface area contributed by atoms with Crippen molar-refractivity contribution in [1.29, 1.82) is 0 Å². The van der Waals surface area contributed by atoms with Gasteiger partial charge in [-0.15, -0.1) is 0 Å². The molecule has 0 amide bonds. The summed E-state index contributed by atoms with van der Waals surface area (Å²) < 4.78 is 5.05. The molecule has 0 spiro atoms. The molecule has 0 radical (unpaired) electrons. The molecule has 1 heterocycles. The van der Waals surface area contributed by atoms with Gasteiger partial charge in [0.05, 0.1) is 6.61 Å². The van der Waals surface area contributed by atoms with Gasteiger partial charge in [-0.25, -0.2) is 0 Å². The molecule has 3 nitrogen and oxygen atoms in total. The molecule has 15 heavy (non-hydrogen) atoms. The van der Waals surface area contributed by atoms with Gasteiger partial charge < -0.3 is 14.6 Å². The number of hydrogen-bond acceptors (Lipinski definition) is 3. The molecule has 3 heteroatoms. The highest BCUT2D eigenvalue weighted by Crippen LogP contribution is 2.17. The summed E-state index contributed by atoms with van der Waals surface area (Å²) in [5.41, 5.74) is 1.97. The first-order chi connectivity index (χ1) is 7.28. The van der Waals surface area contributed by atoms with E-state index in [2.05, 4.69) is 0 Å². The highest BCUT2D eigenvalue weighted by Gasteiger charge is 2.01. The van der Waals surface area contributed by atoms with Gasteiger partial charge in [-0.05, 0) is 17.2 Å². The summed E-state index contributed by atoms with van der Waals surface area (Å²) in [6, 6.07) is 10.9. The van der Waals surface area contributed by atoms with E-state index in [4.69, 9.17) is 14.6 Å². The molecule has 2 N–H and O–H groups in total. The number of aliphatic hydroxyl groups is 1. The van der Waals surface area contributed by atoms with Crippen LogP contribution in [0.15, 0.2) is 40.8 Å². The minimum Gasteiger partial charge on any atom is -0.481 e. The van der Waals surface area contributed by atoms with Crippen LogP contribution in [0.4, 0.5) is 0 Å². The van der Waals surface area contributed by atoms with Crippen LogP contribution in [0.2, 0.25) is 0 Å². The maximum Gasteiger partial charge on any atom is 0.281 e. The molecule has 0 saturated heterocycles. The first-order valence-corrected chi connectivity index (χ1v) is 4.74. The smallest absolute Gasteiger partial charge is 0.281 e. The lowest BCUT2D eigenvalue weighted by Crippen LogP contribution is -1.87. The molecule has 0 aliphatic carbocycles. The maximum absolute atomic E-state index is 9.01. The largest absolute Gasteiger partial charge is 0.481 e. The number of hydrogen-bond donors (Lipinski definition) is 2. The van der Waals surface area contributed by atoms with Gasteiger partial charge in [-0.3, -0.25) is 0 Å². The van der Waals surface area contributed by atoms with Gasteiger partial charge in [0.15, 0.2) is 0 Å². The fourth-order valence-electron chi connectivity index (χ4n) is 1.43. The van der Waals surface area contributed by atoms with E-state index >= 15 is 0 Å². The number of furan rings is 1. The van der Waals surface area contributed by atoms with Crippen molar-refractivity contribution in [2.24, 2.45) is 0 Å². The molecular formula is C12H12O3. The zero-order chi connectivity index (χ0) is 10.7. The van der Waals surface area contributed by atoms with Gasteiger partial charge in [0, 0.05) is 12.5 Å². The molecule has 2 aromatic rings. The Morgan fingerprint density at radius 3 is 2.13 bits per heavy atom. The van der Waals surface area contributed by atoms with Crippen molar-refractivity contribution in [2.45, 2.75) is 13.0 Å². The second kappa shape index (κ2) is 4.19. The van der Waals surface area contributed by atoms with E-state index in [9.17, 15) is 0 Å². The topological polar surface area (TPSA) is 53.6 Å². The third kappa shape index (κ3) is 2.39. The second-order valence-electron chi connectivity index (χ2n) is 3.39. The summed E-state index contributed by atoms with van der Waals surface area (Å²) in [6.45, 7) is 0.0574. The number of aliphatic hydroxyl groups excluding tert-OH is 1. The first kappa shape index (κ1) is 9.80. The highest BCUT2D eigenvalue weighted by atomic mass is 16.5. The van der Waals surface area contributed by atoms with Crippen LogP contribution in [0.3, 0.4) is 0 Å². The molecule has 1 aromatic heterocycles. The molecule has 0 aliphatic rings. The van der Waals surface area contributed by atoms with Crippen LogP contribution in [0, 0.1) is 0 Å². The Labute approximate surface area is 87.6 Å². The Balaban J connectivity index is 2.11. The molecule has 0 bridgehead atoms. The second-order valence-corrected chi connectivity index (χ2v) is 3.39. The van der Waals surface area contributed by atoms with E-state index in [1.807, 2.05) is 24.3 Å². The Kier molecular flexibility index (Phi) is 2.74. The average Bonchev–Trinajstić information content (AvgIpc) is 2.65. The molecule has 0 unspecified atom stereocenters. The lowest BCUT2D eigenvalue weighted by molar-refractivity contribution is 0.282. The van der Waals surface area contributed by atoms with Gasteiger partial charge >= 0.3 is 0 Å². The van der Waals surface area contributed by atoms with Crippen LogP contribution < -0.4 is 0 Å². The molecule has 0 fully saturated rings. The van der Waals surface area contributed by atoms with Crippen LogP contribution in [-0.4, -0.2) is 10.2 Å². The van der Waals surface area contributed by atoms with Crippen molar-refractivity contribution in [3.05, 3.63) is 53.3 Å². The van der Waals surface area contributed by atoms with Gasteiger partial charge in [-0.2, -0.15) is 0 Å². The Bertz CT molecular complexity index is 428. The molecule has 78 valence electrons. The van der Waals surface area contributed by atoms with Crippen molar-refractivity contribution >= 4 is 0 Å². The van der Waals surface area contributed by atoms with Gasteiger partial charge in [0.25, 0.3) is 5.95 Å². The van der Waals surface area contributed by atoms with Crippen molar-refractivity contribution in [1.82, 2.24) is 0 Å². The van der Waals surface area contributed by atoms with E-state index in [1.54, 1.807) is 6.07 Å². The average molecular weight is 204 g/mol. The monoisotopic (exact) mass is 204 g/mol. The third-order valence-corrected chi connectivity index (χ3v) is 2.23. The van der Waals surface area contributed by atoms with Crippen LogP contribution in [0.5, 0.6) is 5.95 Å². The summed E-state index contributed by atoms with van der Waals surface area (Å²) in [5, 5.41) is 17.9. The Morgan fingerprint density at radius 1 is 0.933 bits per heavy atom. The summed E-state index contributed by atoms with van der Waals surface area (Å²) in [7, 11) is 0. The summed E-state index contributed by atoms with van der Waals surface area (Å²) in [6.07, 6.45) is 0.645. The fourth-order valence-corrected chi connectivity index (χ4v) is 1.43. The Hall–Kier alpha value is -1.74. The zero-order valence-electron chi connectivity index (χ0n) is 8.18. The standard InChI is InChI=1S/C12H12O3/c13-8-10-3-1-9(2-4-10)7-11-5-6-12(14)15-11/h1-6,13-14H,7-8H2. The summed E-state index contributed by atoms with van der Waals surface area (Å²) in [4.78, 5) is 0. The van der Waals surface area contributed by atoms with E-state index < -0.39 is 0 Å². The predicted octanol–water partition coefficient (Wildman–Crippen LogP) is 2.07. The van der Waals surface area contributed by atoms with Crippen molar-refractivity contribution in [3.63, 3.8) is 0 Å². The minimum atomic E-state index is -0.0584. The van der Waals surface area contributed by atoms with Gasteiger partial charge in [0.2, 0.25) is 0 Å². The predicted molar refractivity (Wildman–Crippen MR) is 55.5 cm³/mol. The van der Waals surface area contributed by atoms with Crippen LogP contribution in [-0.2, 0) is 13.0 Å². The first-order valence-electron chi connectivity index (χ1n) is 4.74. The Morgan fingerprint density at radius 2 is 1.60 bits per heavy atom. The highest BCUT2D eigenvalue weighted by molar-refractivity contribution is 5.26. The fraction of sp³-hybridized carbons (Fsp3) is 0.167. The lowest BCUT2D eigenvalue weighted by atomic mass is 10.1. The zero-order valence-corrected chi connectivity index (χ0v) is 8.18. The third-order valence-electron chi connectivity index (χ3n) is 2.23. The van der Waals surface area contributed by atoms with Gasteiger partial charge in [0.1, 0.15) is 5.76 Å². The normalized spacial score (nSPS) is 10.5. The molecule has 0 atom stereocenters. The number of rotatable bonds is 3. The molecule has 1 aromatic carbocycles. The van der Waals surface area contributed by atoms with Crippen LogP contribution in [0.1, 0.15) is 16.9 Å². The van der Waals surface area contributed by atoms with Crippen molar-refractivity contribution in [3.8, 4) is 5.95 Å². The van der Waals surface area contributed by atoms with Gasteiger partial charge in [-0.1, -0.05) is 24.3 Å². The van der Waals surface area contributed by atoms with E-state index in [0.29, 0.717) is 6.42 Å². The van der Waals surface area contributed by atoms with E-state index in [-0.39, 0.29) is 12.6 Å². The summed E-state index contributed by atoms with van der Waals surface area (Å²) in [5.74, 6) is 0.668. The molecule has 0 aliphatic heterocycles. The lowest BCUT2D eigenvalue weighted by Gasteiger charge is -2.00. The maximum atomic E-state index is 9.01.